The summed E-state index contributed by atoms with van der Waals surface area (Å²) in [6.07, 6.45) is 1.77. The Kier molecular flexibility index (Phi) is 5.41. The summed E-state index contributed by atoms with van der Waals surface area (Å²) in [6, 6.07) is 5.87. The van der Waals surface area contributed by atoms with Gasteiger partial charge in [0.2, 0.25) is 0 Å². The zero-order valence-electron chi connectivity index (χ0n) is 13.1. The summed E-state index contributed by atoms with van der Waals surface area (Å²) in [5, 5.41) is 9.08. The fourth-order valence-electron chi connectivity index (χ4n) is 2.74. The molecule has 1 aromatic rings. The Balaban J connectivity index is 2.13. The summed E-state index contributed by atoms with van der Waals surface area (Å²) in [5.41, 5.74) is 0.381. The summed E-state index contributed by atoms with van der Waals surface area (Å²) in [7, 11) is -3.30. The van der Waals surface area contributed by atoms with Crippen molar-refractivity contribution in [2.45, 2.75) is 31.1 Å². The fraction of sp³-hybridized carbons (Fsp3) is 0.500. The number of carbonyl (C=O) groups excluding carboxylic acids is 1. The third-order valence-corrected chi connectivity index (χ3v) is 5.93. The molecule has 1 aromatic carbocycles. The van der Waals surface area contributed by atoms with E-state index in [9.17, 15) is 18.0 Å². The summed E-state index contributed by atoms with van der Waals surface area (Å²) in [5.74, 6) is -1.59. The van der Waals surface area contributed by atoms with Crippen molar-refractivity contribution < 1.29 is 23.1 Å². The number of likely N-dealkylation sites (tertiary alicyclic amines) is 1. The summed E-state index contributed by atoms with van der Waals surface area (Å²) in [6.45, 7) is 2.52. The van der Waals surface area contributed by atoms with E-state index in [0.29, 0.717) is 31.4 Å². The molecule has 1 saturated heterocycles. The molecule has 1 atom stereocenters. The maximum Gasteiger partial charge on any atom is 0.308 e. The second kappa shape index (κ2) is 7.12. The minimum absolute atomic E-state index is 0.0761. The van der Waals surface area contributed by atoms with Crippen molar-refractivity contribution in [1.29, 1.82) is 0 Å². The van der Waals surface area contributed by atoms with Gasteiger partial charge in [-0.1, -0.05) is 6.92 Å². The van der Waals surface area contributed by atoms with Gasteiger partial charge in [0.1, 0.15) is 0 Å². The molecule has 0 saturated carbocycles. The Labute approximate surface area is 136 Å². The molecule has 0 aromatic heterocycles. The molecule has 1 unspecified atom stereocenters. The van der Waals surface area contributed by atoms with E-state index in [-0.39, 0.29) is 23.1 Å². The van der Waals surface area contributed by atoms with Gasteiger partial charge in [-0.15, -0.1) is 0 Å². The van der Waals surface area contributed by atoms with Crippen LogP contribution < -0.4 is 0 Å². The smallest absolute Gasteiger partial charge is 0.308 e. The molecule has 0 spiro atoms. The van der Waals surface area contributed by atoms with Gasteiger partial charge >= 0.3 is 5.97 Å². The second-order valence-corrected chi connectivity index (χ2v) is 7.88. The van der Waals surface area contributed by atoms with Gasteiger partial charge in [0, 0.05) is 18.7 Å². The SMILES string of the molecule is CCCS(=O)(=O)c1ccc(C(=O)N2CCCC(C(=O)O)C2)cc1. The average Bonchev–Trinajstić information content (AvgIpc) is 2.54. The zero-order chi connectivity index (χ0) is 17.0. The van der Waals surface area contributed by atoms with E-state index in [0.717, 1.165) is 0 Å². The minimum atomic E-state index is -3.30. The molecule has 1 N–H and O–H groups in total. The van der Waals surface area contributed by atoms with Gasteiger partial charge in [-0.05, 0) is 43.5 Å². The van der Waals surface area contributed by atoms with Gasteiger partial charge in [-0.3, -0.25) is 9.59 Å². The van der Waals surface area contributed by atoms with Crippen molar-refractivity contribution in [1.82, 2.24) is 4.90 Å². The molecule has 7 heteroatoms. The molecule has 1 heterocycles. The Hall–Kier alpha value is -1.89. The second-order valence-electron chi connectivity index (χ2n) is 5.77. The van der Waals surface area contributed by atoms with E-state index < -0.39 is 21.7 Å². The highest BCUT2D eigenvalue weighted by atomic mass is 32.2. The predicted molar refractivity (Wildman–Crippen MR) is 85.0 cm³/mol. The first-order chi connectivity index (χ1) is 10.8. The molecule has 1 amide bonds. The summed E-state index contributed by atoms with van der Waals surface area (Å²) >= 11 is 0. The van der Waals surface area contributed by atoms with Crippen LogP contribution in [0, 0.1) is 5.92 Å². The van der Waals surface area contributed by atoms with Crippen LogP contribution in [0.3, 0.4) is 0 Å². The van der Waals surface area contributed by atoms with Crippen molar-refractivity contribution in [3.63, 3.8) is 0 Å². The quantitative estimate of drug-likeness (QED) is 0.883. The number of amides is 1. The van der Waals surface area contributed by atoms with E-state index in [1.54, 1.807) is 6.92 Å². The van der Waals surface area contributed by atoms with Crippen LogP contribution in [0.15, 0.2) is 29.2 Å². The molecule has 0 bridgehead atoms. The monoisotopic (exact) mass is 339 g/mol. The molecule has 6 nitrogen and oxygen atoms in total. The lowest BCUT2D eigenvalue weighted by molar-refractivity contribution is -0.143. The molecule has 1 fully saturated rings. The molecule has 1 aliphatic heterocycles. The highest BCUT2D eigenvalue weighted by Crippen LogP contribution is 2.20. The van der Waals surface area contributed by atoms with Gasteiger partial charge in [0.25, 0.3) is 5.91 Å². The Morgan fingerprint density at radius 3 is 2.48 bits per heavy atom. The van der Waals surface area contributed by atoms with Crippen LogP contribution in [-0.2, 0) is 14.6 Å². The number of aliphatic carboxylic acids is 1. The van der Waals surface area contributed by atoms with Crippen LogP contribution in [0.25, 0.3) is 0 Å². The highest BCUT2D eigenvalue weighted by Gasteiger charge is 2.28. The number of rotatable bonds is 5. The van der Waals surface area contributed by atoms with Crippen LogP contribution in [0.5, 0.6) is 0 Å². The Morgan fingerprint density at radius 1 is 1.26 bits per heavy atom. The number of benzene rings is 1. The van der Waals surface area contributed by atoms with E-state index in [1.165, 1.54) is 29.2 Å². The maximum absolute atomic E-state index is 12.4. The van der Waals surface area contributed by atoms with Gasteiger partial charge in [0.15, 0.2) is 9.84 Å². The number of carboxylic acids is 1. The van der Waals surface area contributed by atoms with Gasteiger partial charge in [-0.2, -0.15) is 0 Å². The summed E-state index contributed by atoms with van der Waals surface area (Å²) in [4.78, 5) is 25.2. The van der Waals surface area contributed by atoms with Gasteiger partial charge < -0.3 is 10.0 Å². The van der Waals surface area contributed by atoms with Crippen molar-refractivity contribution >= 4 is 21.7 Å². The fourth-order valence-corrected chi connectivity index (χ4v) is 4.06. The van der Waals surface area contributed by atoms with Gasteiger partial charge in [0.05, 0.1) is 16.6 Å². The number of nitrogens with zero attached hydrogens (tertiary/aromatic N) is 1. The van der Waals surface area contributed by atoms with Crippen LogP contribution in [0.4, 0.5) is 0 Å². The normalized spacial score (nSPS) is 18.7. The van der Waals surface area contributed by atoms with E-state index >= 15 is 0 Å². The first kappa shape index (κ1) is 17.5. The lowest BCUT2D eigenvalue weighted by atomic mass is 9.97. The largest absolute Gasteiger partial charge is 0.481 e. The van der Waals surface area contributed by atoms with Crippen molar-refractivity contribution in [2.24, 2.45) is 5.92 Å². The van der Waals surface area contributed by atoms with E-state index in [1.807, 2.05) is 0 Å². The zero-order valence-corrected chi connectivity index (χ0v) is 13.9. The van der Waals surface area contributed by atoms with E-state index in [2.05, 4.69) is 0 Å². The van der Waals surface area contributed by atoms with Gasteiger partial charge in [-0.25, -0.2) is 8.42 Å². The predicted octanol–water partition coefficient (Wildman–Crippen LogP) is 1.81. The topological polar surface area (TPSA) is 91.8 Å². The lowest BCUT2D eigenvalue weighted by Gasteiger charge is -2.30. The number of hydrogen-bond donors (Lipinski definition) is 1. The lowest BCUT2D eigenvalue weighted by Crippen LogP contribution is -2.42. The van der Waals surface area contributed by atoms with Crippen LogP contribution in [0.1, 0.15) is 36.5 Å². The van der Waals surface area contributed by atoms with E-state index in [4.69, 9.17) is 5.11 Å². The van der Waals surface area contributed by atoms with Crippen LogP contribution in [0.2, 0.25) is 0 Å². The molecule has 1 aliphatic rings. The number of sulfone groups is 1. The molecule has 2 rings (SSSR count). The van der Waals surface area contributed by atoms with Crippen molar-refractivity contribution in [3.8, 4) is 0 Å². The highest BCUT2D eigenvalue weighted by molar-refractivity contribution is 7.91. The molecule has 126 valence electrons. The third kappa shape index (κ3) is 4.10. The Morgan fingerprint density at radius 2 is 1.91 bits per heavy atom. The number of piperidine rings is 1. The maximum atomic E-state index is 12.4. The third-order valence-electron chi connectivity index (χ3n) is 3.99. The molecular weight excluding hydrogens is 318 g/mol. The molecule has 23 heavy (non-hydrogen) atoms. The number of carboxylic acid groups (broad SMARTS) is 1. The molecule has 0 aliphatic carbocycles. The van der Waals surface area contributed by atoms with Crippen molar-refractivity contribution in [2.75, 3.05) is 18.8 Å². The molecular formula is C16H21NO5S. The standard InChI is InChI=1S/C16H21NO5S/c1-2-10-23(21,22)14-7-5-12(6-8-14)15(18)17-9-3-4-13(11-17)16(19)20/h5-8,13H,2-4,9-11H2,1H3,(H,19,20). The number of carbonyl (C=O) groups is 2. The minimum Gasteiger partial charge on any atom is -0.481 e. The van der Waals surface area contributed by atoms with Crippen LogP contribution in [-0.4, -0.2) is 49.1 Å². The average molecular weight is 339 g/mol. The van der Waals surface area contributed by atoms with Crippen LogP contribution >= 0.6 is 0 Å². The molecule has 0 radical (unpaired) electrons. The first-order valence-corrected chi connectivity index (χ1v) is 9.35. The summed E-state index contributed by atoms with van der Waals surface area (Å²) < 4.78 is 23.9. The first-order valence-electron chi connectivity index (χ1n) is 7.70. The Bertz CT molecular complexity index is 681. The van der Waals surface area contributed by atoms with Crippen molar-refractivity contribution in [3.05, 3.63) is 29.8 Å². The number of hydrogen-bond acceptors (Lipinski definition) is 4.